The Labute approximate surface area is 192 Å². The van der Waals surface area contributed by atoms with Gasteiger partial charge in [-0.2, -0.15) is 5.26 Å². The first-order valence-corrected chi connectivity index (χ1v) is 10.8. The molecule has 0 N–H and O–H groups in total. The highest BCUT2D eigenvalue weighted by Gasteiger charge is 2.20. The average molecular weight is 536 g/mol. The number of amides is 1. The van der Waals surface area contributed by atoms with Gasteiger partial charge in [0.25, 0.3) is 5.91 Å². The number of morpholine rings is 1. The topological polar surface area (TPSA) is 71.8 Å². The molecule has 0 atom stereocenters. The summed E-state index contributed by atoms with van der Waals surface area (Å²) >= 11 is 6.96. The second-order valence-electron chi connectivity index (χ2n) is 6.51. The molecule has 8 heteroatoms. The molecule has 1 heterocycles. The van der Waals surface area contributed by atoms with Crippen LogP contribution in [0.2, 0.25) is 0 Å². The van der Waals surface area contributed by atoms with E-state index in [-0.39, 0.29) is 11.5 Å². The standard InChI is InChI=1S/C22H20Br2N2O4/c1-28-21-11-15(10-17(13-25)22(27)26-6-8-29-9-7-26)2-5-20(21)30-14-16-3-4-18(23)12-19(16)24/h2-5,10-12H,6-9,14H2,1H3/b17-10-. The number of benzene rings is 2. The molecule has 1 aliphatic rings. The summed E-state index contributed by atoms with van der Waals surface area (Å²) in [7, 11) is 1.55. The second kappa shape index (κ2) is 10.6. The number of carbonyl (C=O) groups is 1. The number of halogens is 2. The van der Waals surface area contributed by atoms with Crippen molar-refractivity contribution in [2.75, 3.05) is 33.4 Å². The highest BCUT2D eigenvalue weighted by molar-refractivity contribution is 9.11. The molecule has 1 amide bonds. The number of carbonyl (C=O) groups excluding carboxylic acids is 1. The highest BCUT2D eigenvalue weighted by atomic mass is 79.9. The molecule has 2 aromatic rings. The molecule has 0 spiro atoms. The van der Waals surface area contributed by atoms with Crippen molar-refractivity contribution in [2.24, 2.45) is 0 Å². The lowest BCUT2D eigenvalue weighted by Crippen LogP contribution is -2.41. The minimum Gasteiger partial charge on any atom is -0.493 e. The van der Waals surface area contributed by atoms with E-state index in [1.54, 1.807) is 36.3 Å². The Morgan fingerprint density at radius 1 is 1.20 bits per heavy atom. The summed E-state index contributed by atoms with van der Waals surface area (Å²) in [6, 6.07) is 13.2. The van der Waals surface area contributed by atoms with Crippen LogP contribution in [0.1, 0.15) is 11.1 Å². The molecule has 3 rings (SSSR count). The monoisotopic (exact) mass is 534 g/mol. The van der Waals surface area contributed by atoms with Gasteiger partial charge in [-0.05, 0) is 35.9 Å². The predicted molar refractivity (Wildman–Crippen MR) is 120 cm³/mol. The van der Waals surface area contributed by atoms with Crippen LogP contribution in [0.3, 0.4) is 0 Å². The number of ether oxygens (including phenoxy) is 3. The molecular formula is C22H20Br2N2O4. The molecule has 0 aliphatic carbocycles. The minimum atomic E-state index is -0.291. The van der Waals surface area contributed by atoms with Gasteiger partial charge in [0.15, 0.2) is 11.5 Å². The fourth-order valence-electron chi connectivity index (χ4n) is 2.93. The van der Waals surface area contributed by atoms with Gasteiger partial charge in [0.1, 0.15) is 18.2 Å². The third-order valence-corrected chi connectivity index (χ3v) is 5.78. The first-order valence-electron chi connectivity index (χ1n) is 9.25. The van der Waals surface area contributed by atoms with Gasteiger partial charge in [0.05, 0.1) is 20.3 Å². The maximum Gasteiger partial charge on any atom is 0.264 e. The van der Waals surface area contributed by atoms with Crippen molar-refractivity contribution in [3.63, 3.8) is 0 Å². The molecule has 156 valence electrons. The van der Waals surface area contributed by atoms with Crippen LogP contribution in [0, 0.1) is 11.3 Å². The van der Waals surface area contributed by atoms with Gasteiger partial charge in [0, 0.05) is 27.6 Å². The fraction of sp³-hybridized carbons (Fsp3) is 0.273. The van der Waals surface area contributed by atoms with E-state index < -0.39 is 0 Å². The van der Waals surface area contributed by atoms with Gasteiger partial charge in [-0.3, -0.25) is 4.79 Å². The number of hydrogen-bond donors (Lipinski definition) is 0. The average Bonchev–Trinajstić information content (AvgIpc) is 2.77. The molecule has 6 nitrogen and oxygen atoms in total. The third-order valence-electron chi connectivity index (χ3n) is 4.55. The van der Waals surface area contributed by atoms with Gasteiger partial charge in [-0.1, -0.05) is 44.0 Å². The summed E-state index contributed by atoms with van der Waals surface area (Å²) < 4.78 is 18.5. The fourth-order valence-corrected chi connectivity index (χ4v) is 4.09. The number of methoxy groups -OCH3 is 1. The Kier molecular flexibility index (Phi) is 7.91. The Bertz CT molecular complexity index is 995. The molecule has 0 aromatic heterocycles. The first-order chi connectivity index (χ1) is 14.5. The number of nitriles is 1. The summed E-state index contributed by atoms with van der Waals surface area (Å²) in [5, 5.41) is 9.46. The smallest absolute Gasteiger partial charge is 0.264 e. The van der Waals surface area contributed by atoms with E-state index in [1.165, 1.54) is 0 Å². The quantitative estimate of drug-likeness (QED) is 0.400. The minimum absolute atomic E-state index is 0.0754. The Morgan fingerprint density at radius 2 is 1.97 bits per heavy atom. The lowest BCUT2D eigenvalue weighted by Gasteiger charge is -2.26. The Balaban J connectivity index is 1.76. The maximum absolute atomic E-state index is 12.6. The van der Waals surface area contributed by atoms with Crippen molar-refractivity contribution in [3.05, 3.63) is 62.0 Å². The summed E-state index contributed by atoms with van der Waals surface area (Å²) in [5.41, 5.74) is 1.75. The molecule has 2 aromatic carbocycles. The number of hydrogen-bond acceptors (Lipinski definition) is 5. The molecule has 30 heavy (non-hydrogen) atoms. The van der Waals surface area contributed by atoms with Crippen molar-refractivity contribution >= 4 is 43.8 Å². The highest BCUT2D eigenvalue weighted by Crippen LogP contribution is 2.31. The zero-order chi connectivity index (χ0) is 21.5. The molecule has 1 aliphatic heterocycles. The van der Waals surface area contributed by atoms with Crippen LogP contribution < -0.4 is 9.47 Å². The summed E-state index contributed by atoms with van der Waals surface area (Å²) in [6.45, 7) is 2.30. The van der Waals surface area contributed by atoms with E-state index in [0.717, 1.165) is 14.5 Å². The molecule has 0 unspecified atom stereocenters. The number of nitrogens with zero attached hydrogens (tertiary/aromatic N) is 2. The molecule has 1 saturated heterocycles. The van der Waals surface area contributed by atoms with Gasteiger partial charge >= 0.3 is 0 Å². The lowest BCUT2D eigenvalue weighted by molar-refractivity contribution is -0.130. The van der Waals surface area contributed by atoms with E-state index >= 15 is 0 Å². The van der Waals surface area contributed by atoms with Crippen molar-refractivity contribution in [2.45, 2.75) is 6.61 Å². The number of rotatable bonds is 6. The van der Waals surface area contributed by atoms with Gasteiger partial charge < -0.3 is 19.1 Å². The summed E-state index contributed by atoms with van der Waals surface area (Å²) in [5.74, 6) is 0.802. The van der Waals surface area contributed by atoms with E-state index in [4.69, 9.17) is 14.2 Å². The Morgan fingerprint density at radius 3 is 2.63 bits per heavy atom. The predicted octanol–water partition coefficient (Wildman–Crippen LogP) is 4.56. The van der Waals surface area contributed by atoms with Crippen LogP contribution >= 0.6 is 31.9 Å². The summed E-state index contributed by atoms with van der Waals surface area (Å²) in [4.78, 5) is 14.2. The van der Waals surface area contributed by atoms with Gasteiger partial charge in [0.2, 0.25) is 0 Å². The zero-order valence-corrected chi connectivity index (χ0v) is 19.5. The first kappa shape index (κ1) is 22.3. The lowest BCUT2D eigenvalue weighted by atomic mass is 10.1. The molecule has 0 bridgehead atoms. The van der Waals surface area contributed by atoms with E-state index in [2.05, 4.69) is 31.9 Å². The van der Waals surface area contributed by atoms with Crippen LogP contribution in [0.4, 0.5) is 0 Å². The van der Waals surface area contributed by atoms with Crippen LogP contribution in [-0.2, 0) is 16.1 Å². The molecule has 1 fully saturated rings. The molecular weight excluding hydrogens is 516 g/mol. The van der Waals surface area contributed by atoms with Crippen LogP contribution in [0.25, 0.3) is 6.08 Å². The molecule has 0 saturated carbocycles. The normalized spacial score (nSPS) is 14.2. The SMILES string of the molecule is COc1cc(/C=C(/C#N)C(=O)N2CCOCC2)ccc1OCc1ccc(Br)cc1Br. The van der Waals surface area contributed by atoms with Gasteiger partial charge in [-0.15, -0.1) is 0 Å². The van der Waals surface area contributed by atoms with E-state index in [1.807, 2.05) is 24.3 Å². The van der Waals surface area contributed by atoms with E-state index in [9.17, 15) is 10.1 Å². The van der Waals surface area contributed by atoms with Crippen molar-refractivity contribution in [3.8, 4) is 17.6 Å². The van der Waals surface area contributed by atoms with E-state index in [0.29, 0.717) is 50.0 Å². The second-order valence-corrected chi connectivity index (χ2v) is 8.28. The molecule has 0 radical (unpaired) electrons. The maximum atomic E-state index is 12.6. The van der Waals surface area contributed by atoms with Crippen LogP contribution in [0.5, 0.6) is 11.5 Å². The van der Waals surface area contributed by atoms with Crippen molar-refractivity contribution < 1.29 is 19.0 Å². The van der Waals surface area contributed by atoms with Crippen molar-refractivity contribution in [1.29, 1.82) is 5.26 Å². The third kappa shape index (κ3) is 5.63. The van der Waals surface area contributed by atoms with Gasteiger partial charge in [-0.25, -0.2) is 0 Å². The Hall–Kier alpha value is -2.34. The zero-order valence-electron chi connectivity index (χ0n) is 16.4. The largest absolute Gasteiger partial charge is 0.493 e. The van der Waals surface area contributed by atoms with Crippen LogP contribution in [-0.4, -0.2) is 44.2 Å². The van der Waals surface area contributed by atoms with Crippen molar-refractivity contribution in [1.82, 2.24) is 4.90 Å². The van der Waals surface area contributed by atoms with Crippen LogP contribution in [0.15, 0.2) is 50.9 Å². The summed E-state index contributed by atoms with van der Waals surface area (Å²) in [6.07, 6.45) is 1.56.